The van der Waals surface area contributed by atoms with Crippen LogP contribution in [0, 0.1) is 9.64 Å². The fourth-order valence-corrected chi connectivity index (χ4v) is 4.26. The first-order chi connectivity index (χ1) is 13.1. The van der Waals surface area contributed by atoms with Gasteiger partial charge >= 0.3 is 0 Å². The Kier molecular flexibility index (Phi) is 4.91. The third-order valence-corrected chi connectivity index (χ3v) is 6.00. The van der Waals surface area contributed by atoms with E-state index in [0.29, 0.717) is 5.56 Å². The summed E-state index contributed by atoms with van der Waals surface area (Å²) >= 11 is 2.37. The minimum atomic E-state index is -0.403. The zero-order valence-electron chi connectivity index (χ0n) is 15.1. The van der Waals surface area contributed by atoms with Crippen LogP contribution < -0.4 is 5.73 Å². The smallest absolute Gasteiger partial charge is 0.249 e. The fraction of sp³-hybridized carbons (Fsp3) is 0.174. The van der Waals surface area contributed by atoms with Crippen molar-refractivity contribution in [2.75, 3.05) is 0 Å². The number of hydrogen-bond donors (Lipinski definition) is 1. The second-order valence-electron chi connectivity index (χ2n) is 6.76. The number of rotatable bonds is 5. The van der Waals surface area contributed by atoms with Crippen molar-refractivity contribution in [2.24, 2.45) is 5.73 Å². The largest absolute Gasteiger partial charge is 0.366 e. The number of carbonyl (C=O) groups is 1. The molecule has 0 bridgehead atoms. The molecule has 0 saturated heterocycles. The number of benzene rings is 3. The van der Waals surface area contributed by atoms with Crippen molar-refractivity contribution >= 4 is 50.3 Å². The van der Waals surface area contributed by atoms with Crippen molar-refractivity contribution in [2.45, 2.75) is 26.3 Å². The molecule has 3 nitrogen and oxygen atoms in total. The molecule has 0 atom stereocenters. The number of hydrogen-bond acceptors (Lipinski definition) is 1. The van der Waals surface area contributed by atoms with Crippen molar-refractivity contribution in [1.82, 2.24) is 4.57 Å². The van der Waals surface area contributed by atoms with E-state index < -0.39 is 5.91 Å². The van der Waals surface area contributed by atoms with Gasteiger partial charge in [0.05, 0.1) is 11.0 Å². The Hall–Kier alpha value is -2.34. The van der Waals surface area contributed by atoms with Gasteiger partial charge in [-0.3, -0.25) is 4.79 Å². The fourth-order valence-electron chi connectivity index (χ4n) is 3.70. The van der Waals surface area contributed by atoms with Crippen LogP contribution in [0.15, 0.2) is 54.6 Å². The molecule has 1 amide bonds. The standard InChI is InChI=1S/C23H20IN2O/c1-2-6-15-11-12-17-21(13-15)26(14-16-7-3-4-9-19(16)24)20-10-5-8-18(22(17)20)23(25)27/h3-5,7-11,13H,2,6,14H2,1H3,(H2,25,27). The van der Waals surface area contributed by atoms with Crippen LogP contribution in [-0.2, 0) is 13.0 Å². The minimum absolute atomic E-state index is 0.403. The number of primary amides is 1. The molecule has 0 unspecified atom stereocenters. The number of carbonyl (C=O) groups excluding carboxylic acids is 1. The van der Waals surface area contributed by atoms with E-state index in [1.165, 1.54) is 14.7 Å². The predicted molar refractivity (Wildman–Crippen MR) is 119 cm³/mol. The molecule has 3 aromatic carbocycles. The van der Waals surface area contributed by atoms with E-state index in [0.717, 1.165) is 41.2 Å². The van der Waals surface area contributed by atoms with Crippen LogP contribution in [0.5, 0.6) is 0 Å². The van der Waals surface area contributed by atoms with Crippen molar-refractivity contribution in [3.63, 3.8) is 0 Å². The summed E-state index contributed by atoms with van der Waals surface area (Å²) in [6.45, 7) is 2.92. The molecule has 0 saturated carbocycles. The number of aryl methyl sites for hydroxylation is 1. The summed E-state index contributed by atoms with van der Waals surface area (Å²) in [5, 5.41) is 1.86. The number of fused-ring (bicyclic) bond motifs is 3. The van der Waals surface area contributed by atoms with Crippen LogP contribution in [-0.4, -0.2) is 10.5 Å². The average molecular weight is 467 g/mol. The molecule has 0 aliphatic carbocycles. The Morgan fingerprint density at radius 2 is 1.96 bits per heavy atom. The lowest BCUT2D eigenvalue weighted by molar-refractivity contribution is 0.100. The molecule has 4 aromatic rings. The summed E-state index contributed by atoms with van der Waals surface area (Å²) in [5.74, 6) is -0.403. The number of nitrogens with two attached hydrogens (primary N) is 1. The van der Waals surface area contributed by atoms with Crippen molar-refractivity contribution in [3.8, 4) is 0 Å². The lowest BCUT2D eigenvalue weighted by Crippen LogP contribution is -2.11. The maximum absolute atomic E-state index is 12.0. The van der Waals surface area contributed by atoms with Gasteiger partial charge in [-0.25, -0.2) is 0 Å². The van der Waals surface area contributed by atoms with Crippen molar-refractivity contribution in [1.29, 1.82) is 0 Å². The molecular weight excluding hydrogens is 447 g/mol. The van der Waals surface area contributed by atoms with E-state index >= 15 is 0 Å². The highest BCUT2D eigenvalue weighted by molar-refractivity contribution is 14.1. The summed E-state index contributed by atoms with van der Waals surface area (Å²) in [6.07, 6.45) is 2.10. The normalized spacial score (nSPS) is 11.3. The molecule has 4 rings (SSSR count). The lowest BCUT2D eigenvalue weighted by Gasteiger charge is -2.10. The highest BCUT2D eigenvalue weighted by Gasteiger charge is 2.17. The van der Waals surface area contributed by atoms with Crippen LogP contribution in [0.4, 0.5) is 0 Å². The summed E-state index contributed by atoms with van der Waals surface area (Å²) < 4.78 is 3.51. The molecule has 27 heavy (non-hydrogen) atoms. The molecule has 4 heteroatoms. The van der Waals surface area contributed by atoms with Crippen LogP contribution in [0.1, 0.15) is 34.8 Å². The summed E-state index contributed by atoms with van der Waals surface area (Å²) in [6, 6.07) is 21.9. The van der Waals surface area contributed by atoms with Gasteiger partial charge in [0.15, 0.2) is 0 Å². The molecular formula is C23H20IN2O. The van der Waals surface area contributed by atoms with E-state index in [2.05, 4.69) is 76.5 Å². The van der Waals surface area contributed by atoms with Gasteiger partial charge in [-0.2, -0.15) is 0 Å². The Balaban J connectivity index is 2.04. The Bertz CT molecular complexity index is 1160. The highest BCUT2D eigenvalue weighted by atomic mass is 127. The van der Waals surface area contributed by atoms with E-state index in [1.54, 1.807) is 6.07 Å². The quantitative estimate of drug-likeness (QED) is 0.398. The zero-order valence-corrected chi connectivity index (χ0v) is 17.3. The molecule has 1 heterocycles. The minimum Gasteiger partial charge on any atom is -0.366 e. The van der Waals surface area contributed by atoms with Crippen LogP contribution in [0.3, 0.4) is 0 Å². The van der Waals surface area contributed by atoms with E-state index in [4.69, 9.17) is 5.73 Å². The second-order valence-corrected chi connectivity index (χ2v) is 7.92. The van der Waals surface area contributed by atoms with E-state index in [-0.39, 0.29) is 0 Å². The first-order valence-corrected chi connectivity index (χ1v) is 10.2. The van der Waals surface area contributed by atoms with Gasteiger partial charge in [-0.15, -0.1) is 0 Å². The number of halogens is 1. The first-order valence-electron chi connectivity index (χ1n) is 9.09. The van der Waals surface area contributed by atoms with E-state index in [9.17, 15) is 4.79 Å². The Labute approximate surface area is 172 Å². The van der Waals surface area contributed by atoms with Gasteiger partial charge in [0.25, 0.3) is 0 Å². The molecule has 0 fully saturated rings. The molecule has 1 aromatic heterocycles. The van der Waals surface area contributed by atoms with Crippen LogP contribution in [0.25, 0.3) is 21.8 Å². The van der Waals surface area contributed by atoms with Crippen LogP contribution >= 0.6 is 22.6 Å². The first kappa shape index (κ1) is 18.0. The summed E-state index contributed by atoms with van der Waals surface area (Å²) in [4.78, 5) is 12.0. The third-order valence-electron chi connectivity index (χ3n) is 4.94. The zero-order chi connectivity index (χ0) is 19.0. The van der Waals surface area contributed by atoms with Gasteiger partial charge in [0.2, 0.25) is 5.91 Å². The summed E-state index contributed by atoms with van der Waals surface area (Å²) in [7, 11) is 0. The monoisotopic (exact) mass is 467 g/mol. The third kappa shape index (κ3) is 3.23. The lowest BCUT2D eigenvalue weighted by atomic mass is 10.0. The maximum Gasteiger partial charge on any atom is 0.249 e. The van der Waals surface area contributed by atoms with E-state index in [1.807, 2.05) is 12.1 Å². The maximum atomic E-state index is 12.0. The molecule has 0 aliphatic heterocycles. The molecule has 2 N–H and O–H groups in total. The van der Waals surface area contributed by atoms with Crippen molar-refractivity contribution < 1.29 is 4.79 Å². The Morgan fingerprint density at radius 1 is 1.15 bits per heavy atom. The summed E-state index contributed by atoms with van der Waals surface area (Å²) in [5.41, 5.74) is 10.9. The molecule has 135 valence electrons. The molecule has 0 spiro atoms. The molecule has 1 radical (unpaired) electrons. The predicted octanol–water partition coefficient (Wildman–Crippen LogP) is 5.30. The molecule has 0 aliphatic rings. The van der Waals surface area contributed by atoms with Crippen LogP contribution in [0.2, 0.25) is 0 Å². The average Bonchev–Trinajstić information content (AvgIpc) is 2.97. The topological polar surface area (TPSA) is 48.0 Å². The number of aromatic nitrogens is 1. The number of nitrogens with zero attached hydrogens (tertiary/aromatic N) is 1. The second kappa shape index (κ2) is 7.35. The van der Waals surface area contributed by atoms with Gasteiger partial charge in [0, 0.05) is 26.5 Å². The van der Waals surface area contributed by atoms with Gasteiger partial charge < -0.3 is 10.3 Å². The number of amides is 1. The van der Waals surface area contributed by atoms with Gasteiger partial charge in [-0.05, 0) is 70.5 Å². The van der Waals surface area contributed by atoms with Gasteiger partial charge in [0.1, 0.15) is 0 Å². The Morgan fingerprint density at radius 3 is 2.70 bits per heavy atom. The van der Waals surface area contributed by atoms with Crippen molar-refractivity contribution in [3.05, 3.63) is 80.9 Å². The SMILES string of the molecule is CCCc1c[c]c2c3c(C(N)=O)cccc3n(Cc3ccccc3I)c2c1. The highest BCUT2D eigenvalue weighted by Crippen LogP contribution is 2.33. The van der Waals surface area contributed by atoms with Gasteiger partial charge in [-0.1, -0.05) is 43.7 Å².